The molecular weight excluding hydrogens is 451 g/mol. The van der Waals surface area contributed by atoms with E-state index in [1.54, 1.807) is 6.92 Å². The average Bonchev–Trinajstić information content (AvgIpc) is 3.17. The summed E-state index contributed by atoms with van der Waals surface area (Å²) in [5.41, 5.74) is 3.43. The van der Waals surface area contributed by atoms with E-state index in [4.69, 9.17) is 9.31 Å². The molecule has 0 spiro atoms. The zero-order valence-electron chi connectivity index (χ0n) is 22.9. The van der Waals surface area contributed by atoms with Crippen LogP contribution in [0.5, 0.6) is 0 Å². The Morgan fingerprint density at radius 2 is 2.00 bits per heavy atom. The molecule has 2 amide bonds. The van der Waals surface area contributed by atoms with Crippen molar-refractivity contribution in [2.24, 2.45) is 17.3 Å². The lowest BCUT2D eigenvalue weighted by Gasteiger charge is -2.64. The van der Waals surface area contributed by atoms with E-state index in [9.17, 15) is 9.59 Å². The van der Waals surface area contributed by atoms with Gasteiger partial charge < -0.3 is 19.5 Å². The second-order valence-electron chi connectivity index (χ2n) is 11.7. The van der Waals surface area contributed by atoms with Crippen LogP contribution in [0.15, 0.2) is 18.2 Å². The van der Waals surface area contributed by atoms with Gasteiger partial charge in [-0.2, -0.15) is 0 Å². The van der Waals surface area contributed by atoms with E-state index < -0.39 is 7.12 Å². The minimum atomic E-state index is -0.537. The Morgan fingerprint density at radius 1 is 1.25 bits per heavy atom. The van der Waals surface area contributed by atoms with Gasteiger partial charge in [0.1, 0.15) is 6.54 Å². The van der Waals surface area contributed by atoms with Crippen LogP contribution in [-0.4, -0.2) is 54.6 Å². The molecular formula is C29H41BN2O4. The smallest absolute Gasteiger partial charge is 0.404 e. The third kappa shape index (κ3) is 4.95. The summed E-state index contributed by atoms with van der Waals surface area (Å²) >= 11 is 0. The van der Waals surface area contributed by atoms with Gasteiger partial charge in [0.15, 0.2) is 0 Å². The zero-order valence-corrected chi connectivity index (χ0v) is 22.9. The number of carbonyl (C=O) groups is 2. The van der Waals surface area contributed by atoms with E-state index in [0.29, 0.717) is 24.8 Å². The molecule has 1 N–H and O–H groups in total. The standard InChI is InChI=1S/C29H41BN2O4/c1-8-10-27(34)32(13-9-2)18-26(33)31-25(15-21-12-11-19(3)14-20(21)4)30-35-24-17-22-16-23(28(22,5)6)29(24,7)36-30/h11-12,14,22-25H,9,13,15-18H2,1-7H3,(H,31,33)/t22-,23-,24+,25-,29-/m0/s1. The first kappa shape index (κ1) is 26.8. The fourth-order valence-electron chi connectivity index (χ4n) is 6.73. The molecule has 0 unspecified atom stereocenters. The molecule has 2 bridgehead atoms. The molecule has 4 fully saturated rings. The number of nitrogens with zero attached hydrogens (tertiary/aromatic N) is 1. The maximum atomic E-state index is 13.2. The average molecular weight is 492 g/mol. The van der Waals surface area contributed by atoms with Gasteiger partial charge in [0.25, 0.3) is 5.91 Å². The first-order chi connectivity index (χ1) is 17.0. The highest BCUT2D eigenvalue weighted by atomic mass is 16.7. The molecule has 7 heteroatoms. The monoisotopic (exact) mass is 492 g/mol. The molecule has 4 aliphatic rings. The Labute approximate surface area is 217 Å². The Balaban J connectivity index is 1.55. The minimum Gasteiger partial charge on any atom is -0.404 e. The van der Waals surface area contributed by atoms with Crippen LogP contribution in [0.25, 0.3) is 0 Å². The molecule has 36 heavy (non-hydrogen) atoms. The Bertz CT molecular complexity index is 1080. The first-order valence-corrected chi connectivity index (χ1v) is 13.4. The number of benzene rings is 1. The molecule has 5 atom stereocenters. The lowest BCUT2D eigenvalue weighted by Crippen LogP contribution is -2.65. The summed E-state index contributed by atoms with van der Waals surface area (Å²) in [7, 11) is -0.537. The largest absolute Gasteiger partial charge is 0.482 e. The van der Waals surface area contributed by atoms with Crippen LogP contribution in [0.1, 0.15) is 70.6 Å². The molecule has 1 aliphatic heterocycles. The van der Waals surface area contributed by atoms with E-state index in [1.165, 1.54) is 22.4 Å². The van der Waals surface area contributed by atoms with Crippen molar-refractivity contribution in [2.75, 3.05) is 13.1 Å². The number of nitrogens with one attached hydrogen (secondary N) is 1. The molecule has 3 aliphatic carbocycles. The van der Waals surface area contributed by atoms with Crippen LogP contribution in [0.2, 0.25) is 0 Å². The minimum absolute atomic E-state index is 0.0319. The van der Waals surface area contributed by atoms with Crippen LogP contribution in [-0.2, 0) is 25.3 Å². The van der Waals surface area contributed by atoms with E-state index in [2.05, 4.69) is 70.0 Å². The molecule has 1 aromatic rings. The maximum absolute atomic E-state index is 13.2. The number of carbonyl (C=O) groups excluding carboxylic acids is 2. The predicted molar refractivity (Wildman–Crippen MR) is 142 cm³/mol. The molecule has 0 aromatic heterocycles. The van der Waals surface area contributed by atoms with Gasteiger partial charge in [-0.3, -0.25) is 9.59 Å². The fourth-order valence-corrected chi connectivity index (χ4v) is 6.73. The zero-order chi connectivity index (χ0) is 26.3. The summed E-state index contributed by atoms with van der Waals surface area (Å²) in [5.74, 6) is 5.40. The van der Waals surface area contributed by atoms with Gasteiger partial charge in [-0.1, -0.05) is 50.5 Å². The first-order valence-electron chi connectivity index (χ1n) is 13.4. The third-order valence-corrected chi connectivity index (χ3v) is 8.93. The second kappa shape index (κ2) is 10.2. The van der Waals surface area contributed by atoms with E-state index in [-0.39, 0.29) is 41.4 Å². The van der Waals surface area contributed by atoms with Crippen LogP contribution in [0.3, 0.4) is 0 Å². The maximum Gasteiger partial charge on any atom is 0.482 e. The van der Waals surface area contributed by atoms with E-state index in [1.807, 2.05) is 6.92 Å². The Kier molecular flexibility index (Phi) is 7.60. The molecule has 5 rings (SSSR count). The number of hydrogen-bond donors (Lipinski definition) is 1. The van der Waals surface area contributed by atoms with Crippen molar-refractivity contribution >= 4 is 18.9 Å². The molecule has 194 valence electrons. The molecule has 0 radical (unpaired) electrons. The SMILES string of the molecule is CC#CC(=O)N(CCC)CC(=O)N[C@@H](Cc1ccc(C)cc1C)B1O[C@@H]2C[C@@H]3C[C@@H](C3(C)C)[C@]2(C)O1. The van der Waals surface area contributed by atoms with Crippen molar-refractivity contribution in [3.05, 3.63) is 34.9 Å². The molecule has 6 nitrogen and oxygen atoms in total. The van der Waals surface area contributed by atoms with Gasteiger partial charge in [0.2, 0.25) is 5.91 Å². The molecule has 3 saturated carbocycles. The van der Waals surface area contributed by atoms with Gasteiger partial charge in [0, 0.05) is 6.54 Å². The summed E-state index contributed by atoms with van der Waals surface area (Å²) in [6.07, 6.45) is 3.56. The molecule has 1 saturated heterocycles. The van der Waals surface area contributed by atoms with Crippen molar-refractivity contribution in [1.29, 1.82) is 0 Å². The number of amides is 2. The van der Waals surface area contributed by atoms with Gasteiger partial charge >= 0.3 is 7.12 Å². The third-order valence-electron chi connectivity index (χ3n) is 8.93. The summed E-state index contributed by atoms with van der Waals surface area (Å²) in [4.78, 5) is 27.2. The summed E-state index contributed by atoms with van der Waals surface area (Å²) < 4.78 is 13.3. The van der Waals surface area contributed by atoms with Crippen LogP contribution >= 0.6 is 0 Å². The lowest BCUT2D eigenvalue weighted by molar-refractivity contribution is -0.199. The van der Waals surface area contributed by atoms with Crippen molar-refractivity contribution in [1.82, 2.24) is 10.2 Å². The van der Waals surface area contributed by atoms with Crippen LogP contribution in [0, 0.1) is 42.9 Å². The normalized spacial score (nSPS) is 28.3. The van der Waals surface area contributed by atoms with Crippen molar-refractivity contribution in [2.45, 2.75) is 91.8 Å². The highest BCUT2D eigenvalue weighted by Gasteiger charge is 2.68. The topological polar surface area (TPSA) is 67.9 Å². The van der Waals surface area contributed by atoms with Crippen molar-refractivity contribution < 1.29 is 18.9 Å². The van der Waals surface area contributed by atoms with Gasteiger partial charge in [-0.05, 0) is 87.7 Å². The van der Waals surface area contributed by atoms with Crippen LogP contribution < -0.4 is 5.32 Å². The quantitative estimate of drug-likeness (QED) is 0.442. The summed E-state index contributed by atoms with van der Waals surface area (Å²) in [6, 6.07) is 6.38. The Hall–Kier alpha value is -2.30. The molecule has 1 aromatic carbocycles. The Morgan fingerprint density at radius 3 is 2.64 bits per heavy atom. The number of hydrogen-bond acceptors (Lipinski definition) is 4. The number of aryl methyl sites for hydroxylation is 2. The highest BCUT2D eigenvalue weighted by Crippen LogP contribution is 2.65. The highest BCUT2D eigenvalue weighted by molar-refractivity contribution is 6.48. The summed E-state index contributed by atoms with van der Waals surface area (Å²) in [6.45, 7) is 15.1. The van der Waals surface area contributed by atoms with Crippen molar-refractivity contribution in [3.63, 3.8) is 0 Å². The van der Waals surface area contributed by atoms with Crippen molar-refractivity contribution in [3.8, 4) is 11.8 Å². The van der Waals surface area contributed by atoms with Gasteiger partial charge in [-0.15, -0.1) is 0 Å². The fraction of sp³-hybridized carbons (Fsp3) is 0.655. The van der Waals surface area contributed by atoms with E-state index in [0.717, 1.165) is 18.4 Å². The second-order valence-corrected chi connectivity index (χ2v) is 11.7. The lowest BCUT2D eigenvalue weighted by atomic mass is 9.43. The summed E-state index contributed by atoms with van der Waals surface area (Å²) in [5, 5.41) is 3.18. The van der Waals surface area contributed by atoms with Crippen LogP contribution in [0.4, 0.5) is 0 Å². The van der Waals surface area contributed by atoms with Gasteiger partial charge in [-0.25, -0.2) is 0 Å². The van der Waals surface area contributed by atoms with E-state index >= 15 is 0 Å². The molecule has 1 heterocycles. The predicted octanol–water partition coefficient (Wildman–Crippen LogP) is 3.86. The number of rotatable bonds is 8. The van der Waals surface area contributed by atoms with Gasteiger partial charge in [0.05, 0.1) is 17.6 Å².